The molecule has 1 saturated heterocycles. The number of hydrogen-bond acceptors (Lipinski definition) is 6. The molecule has 0 saturated carbocycles. The number of carbonyl (C=O) groups is 2. The van der Waals surface area contributed by atoms with Gasteiger partial charge in [-0.15, -0.1) is 0 Å². The number of amides is 1. The summed E-state index contributed by atoms with van der Waals surface area (Å²) < 4.78 is 37.7. The Hall–Kier alpha value is -2.46. The molecule has 3 rings (SSSR count). The molecular formula is C21H23ClN2O6S. The van der Waals surface area contributed by atoms with E-state index in [0.717, 1.165) is 0 Å². The highest BCUT2D eigenvalue weighted by molar-refractivity contribution is 7.89. The lowest BCUT2D eigenvalue weighted by atomic mass is 10.2. The first-order valence-electron chi connectivity index (χ1n) is 9.63. The van der Waals surface area contributed by atoms with Gasteiger partial charge >= 0.3 is 5.97 Å². The molecule has 2 atom stereocenters. The van der Waals surface area contributed by atoms with Crippen molar-refractivity contribution in [3.8, 4) is 0 Å². The number of hydrogen-bond donors (Lipinski definition) is 1. The van der Waals surface area contributed by atoms with Gasteiger partial charge in [-0.05, 0) is 62.4 Å². The fraction of sp³-hybridized carbons (Fsp3) is 0.333. The molecule has 1 amide bonds. The summed E-state index contributed by atoms with van der Waals surface area (Å²) in [5.41, 5.74) is 0.661. The minimum Gasteiger partial charge on any atom is -0.452 e. The van der Waals surface area contributed by atoms with Crippen molar-refractivity contribution in [2.75, 3.05) is 25.0 Å². The van der Waals surface area contributed by atoms with Crippen LogP contribution in [-0.4, -0.2) is 56.5 Å². The van der Waals surface area contributed by atoms with Crippen molar-refractivity contribution in [1.29, 1.82) is 0 Å². The number of rotatable bonds is 6. The largest absolute Gasteiger partial charge is 0.452 e. The standard InChI is InChI=1S/C21H23ClN2O6S/c1-14-11-24(12-15(2)30-14)31(27,28)19-9-3-16(4-10-19)21(26)29-13-20(25)23-18-7-5-17(22)6-8-18/h3-10,14-15H,11-13H2,1-2H3,(H,23,25). The van der Waals surface area contributed by atoms with Gasteiger partial charge in [0, 0.05) is 23.8 Å². The maximum atomic E-state index is 12.9. The molecule has 10 heteroatoms. The molecule has 0 bridgehead atoms. The molecule has 1 heterocycles. The number of nitrogens with zero attached hydrogens (tertiary/aromatic N) is 1. The van der Waals surface area contributed by atoms with Crippen LogP contribution in [0, 0.1) is 0 Å². The summed E-state index contributed by atoms with van der Waals surface area (Å²) in [7, 11) is -3.71. The SMILES string of the molecule is CC1CN(S(=O)(=O)c2ccc(C(=O)OCC(=O)Nc3ccc(Cl)cc3)cc2)CC(C)O1. The summed E-state index contributed by atoms with van der Waals surface area (Å²) in [6, 6.07) is 11.9. The smallest absolute Gasteiger partial charge is 0.338 e. The van der Waals surface area contributed by atoms with Crippen LogP contribution in [0.4, 0.5) is 5.69 Å². The van der Waals surface area contributed by atoms with Crippen molar-refractivity contribution in [1.82, 2.24) is 4.31 Å². The van der Waals surface area contributed by atoms with Crippen LogP contribution in [0.25, 0.3) is 0 Å². The number of morpholine rings is 1. The zero-order valence-corrected chi connectivity index (χ0v) is 18.7. The van der Waals surface area contributed by atoms with Crippen molar-refractivity contribution in [2.24, 2.45) is 0 Å². The Bertz CT molecular complexity index is 1030. The first-order valence-corrected chi connectivity index (χ1v) is 11.4. The van der Waals surface area contributed by atoms with Crippen molar-refractivity contribution in [2.45, 2.75) is 31.0 Å². The predicted molar refractivity (Wildman–Crippen MR) is 116 cm³/mol. The molecule has 8 nitrogen and oxygen atoms in total. The van der Waals surface area contributed by atoms with Gasteiger partial charge in [0.2, 0.25) is 10.0 Å². The number of ether oxygens (including phenoxy) is 2. The molecule has 0 spiro atoms. The number of sulfonamides is 1. The van der Waals surface area contributed by atoms with E-state index in [1.807, 2.05) is 13.8 Å². The molecule has 2 aromatic rings. The highest BCUT2D eigenvalue weighted by Crippen LogP contribution is 2.21. The van der Waals surface area contributed by atoms with Crippen LogP contribution in [0.2, 0.25) is 5.02 Å². The molecule has 1 fully saturated rings. The van der Waals surface area contributed by atoms with Crippen molar-refractivity contribution >= 4 is 39.2 Å². The van der Waals surface area contributed by atoms with E-state index in [1.165, 1.54) is 28.6 Å². The quantitative estimate of drug-likeness (QED) is 0.657. The number of nitrogens with one attached hydrogen (secondary N) is 1. The van der Waals surface area contributed by atoms with Gasteiger partial charge < -0.3 is 14.8 Å². The molecule has 0 aliphatic carbocycles. The topological polar surface area (TPSA) is 102 Å². The van der Waals surface area contributed by atoms with Crippen LogP contribution in [0.15, 0.2) is 53.4 Å². The van der Waals surface area contributed by atoms with Gasteiger partial charge in [0.15, 0.2) is 6.61 Å². The van der Waals surface area contributed by atoms with Crippen LogP contribution < -0.4 is 5.32 Å². The maximum absolute atomic E-state index is 12.9. The lowest BCUT2D eigenvalue weighted by Crippen LogP contribution is -2.48. The average Bonchev–Trinajstić information content (AvgIpc) is 2.73. The molecule has 0 radical (unpaired) electrons. The maximum Gasteiger partial charge on any atom is 0.338 e. The Morgan fingerprint density at radius 3 is 2.23 bits per heavy atom. The van der Waals surface area contributed by atoms with Crippen LogP contribution in [-0.2, 0) is 24.3 Å². The molecule has 2 aromatic carbocycles. The Morgan fingerprint density at radius 2 is 1.65 bits per heavy atom. The lowest BCUT2D eigenvalue weighted by Gasteiger charge is -2.34. The Kier molecular flexibility index (Phi) is 7.32. The summed E-state index contributed by atoms with van der Waals surface area (Å²) >= 11 is 5.79. The third-order valence-electron chi connectivity index (χ3n) is 4.58. The number of esters is 1. The van der Waals surface area contributed by atoms with E-state index in [0.29, 0.717) is 10.7 Å². The fourth-order valence-electron chi connectivity index (χ4n) is 3.18. The van der Waals surface area contributed by atoms with Crippen LogP contribution in [0.1, 0.15) is 24.2 Å². The normalized spacial score (nSPS) is 19.6. The third kappa shape index (κ3) is 6.04. The first-order chi connectivity index (χ1) is 14.6. The van der Waals surface area contributed by atoms with Gasteiger partial charge in [-0.2, -0.15) is 4.31 Å². The van der Waals surface area contributed by atoms with E-state index >= 15 is 0 Å². The van der Waals surface area contributed by atoms with E-state index in [1.54, 1.807) is 24.3 Å². The van der Waals surface area contributed by atoms with Gasteiger partial charge in [-0.1, -0.05) is 11.6 Å². The van der Waals surface area contributed by atoms with Crippen molar-refractivity contribution in [3.05, 3.63) is 59.1 Å². The van der Waals surface area contributed by atoms with Gasteiger partial charge in [0.05, 0.1) is 22.7 Å². The fourth-order valence-corrected chi connectivity index (χ4v) is 4.90. The second kappa shape index (κ2) is 9.78. The number of carbonyl (C=O) groups excluding carboxylic acids is 2. The highest BCUT2D eigenvalue weighted by atomic mass is 35.5. The summed E-state index contributed by atoms with van der Waals surface area (Å²) in [4.78, 5) is 24.2. The summed E-state index contributed by atoms with van der Waals surface area (Å²) in [5, 5.41) is 3.11. The summed E-state index contributed by atoms with van der Waals surface area (Å²) in [6.45, 7) is 3.68. The Labute approximate surface area is 186 Å². The zero-order valence-electron chi connectivity index (χ0n) is 17.1. The van der Waals surface area contributed by atoms with E-state index < -0.39 is 28.5 Å². The molecule has 1 aliphatic rings. The monoisotopic (exact) mass is 466 g/mol. The summed E-state index contributed by atoms with van der Waals surface area (Å²) in [6.07, 6.45) is -0.404. The molecule has 1 aliphatic heterocycles. The summed E-state index contributed by atoms with van der Waals surface area (Å²) in [5.74, 6) is -1.24. The molecule has 2 unspecified atom stereocenters. The molecule has 31 heavy (non-hydrogen) atoms. The lowest BCUT2D eigenvalue weighted by molar-refractivity contribution is -0.119. The molecule has 166 valence electrons. The van der Waals surface area contributed by atoms with Crippen LogP contribution in [0.5, 0.6) is 0 Å². The minimum absolute atomic E-state index is 0.0748. The molecule has 1 N–H and O–H groups in total. The van der Waals surface area contributed by atoms with Crippen molar-refractivity contribution < 1.29 is 27.5 Å². The second-order valence-corrected chi connectivity index (χ2v) is 9.61. The third-order valence-corrected chi connectivity index (χ3v) is 6.67. The van der Waals surface area contributed by atoms with Gasteiger partial charge in [-0.25, -0.2) is 13.2 Å². The Morgan fingerprint density at radius 1 is 1.06 bits per heavy atom. The number of benzene rings is 2. The second-order valence-electron chi connectivity index (χ2n) is 7.23. The molecule has 0 aromatic heterocycles. The zero-order chi connectivity index (χ0) is 22.6. The number of anilines is 1. The van der Waals surface area contributed by atoms with E-state index in [-0.39, 0.29) is 35.8 Å². The Balaban J connectivity index is 1.58. The van der Waals surface area contributed by atoms with E-state index in [9.17, 15) is 18.0 Å². The van der Waals surface area contributed by atoms with E-state index in [4.69, 9.17) is 21.1 Å². The van der Waals surface area contributed by atoms with Crippen molar-refractivity contribution in [3.63, 3.8) is 0 Å². The van der Waals surface area contributed by atoms with Gasteiger partial charge in [0.25, 0.3) is 5.91 Å². The van der Waals surface area contributed by atoms with E-state index in [2.05, 4.69) is 5.32 Å². The predicted octanol–water partition coefficient (Wildman–Crippen LogP) is 2.93. The minimum atomic E-state index is -3.71. The van der Waals surface area contributed by atoms with Crippen LogP contribution >= 0.6 is 11.6 Å². The van der Waals surface area contributed by atoms with Gasteiger partial charge in [0.1, 0.15) is 0 Å². The average molecular weight is 467 g/mol. The highest BCUT2D eigenvalue weighted by Gasteiger charge is 2.32. The number of halogens is 1. The van der Waals surface area contributed by atoms with Gasteiger partial charge in [-0.3, -0.25) is 4.79 Å². The first kappa shape index (κ1) is 23.2. The molecular weight excluding hydrogens is 444 g/mol. The van der Waals surface area contributed by atoms with Crippen LogP contribution in [0.3, 0.4) is 0 Å².